The molecule has 0 bridgehead atoms. The number of hydrogen-bond donors (Lipinski definition) is 1. The van der Waals surface area contributed by atoms with Crippen LogP contribution in [0, 0.1) is 0 Å². The average molecular weight is 426 g/mol. The van der Waals surface area contributed by atoms with Crippen molar-refractivity contribution >= 4 is 40.0 Å². The zero-order chi connectivity index (χ0) is 21.3. The Morgan fingerprint density at radius 2 is 1.77 bits per heavy atom. The number of carbonyl (C=O) groups excluding carboxylic acids is 4. The normalized spacial score (nSPS) is 15.0. The minimum atomic E-state index is -0.435. The van der Waals surface area contributed by atoms with E-state index in [0.29, 0.717) is 28.1 Å². The second-order valence-corrected chi connectivity index (χ2v) is 8.47. The van der Waals surface area contributed by atoms with Gasteiger partial charge in [0.2, 0.25) is 5.91 Å². The summed E-state index contributed by atoms with van der Waals surface area (Å²) in [6.45, 7) is 0.171. The standard InChI is InChI=1S/C22H22N2O5S/c1-29-22(28)18-15-9-4-5-10-16(15)30-19(18)23-17(25)11-6-12-24-20(26)13-7-2-3-8-14(13)21(24)27/h2-3,7-8H,4-6,9-12H2,1H3,(H,23,25). The summed E-state index contributed by atoms with van der Waals surface area (Å²) in [6, 6.07) is 6.71. The Balaban J connectivity index is 1.38. The van der Waals surface area contributed by atoms with Crippen LogP contribution in [0.4, 0.5) is 5.00 Å². The smallest absolute Gasteiger partial charge is 0.341 e. The number of fused-ring (bicyclic) bond motifs is 2. The molecule has 2 aromatic rings. The van der Waals surface area contributed by atoms with Crippen LogP contribution in [0.3, 0.4) is 0 Å². The monoisotopic (exact) mass is 426 g/mol. The average Bonchev–Trinajstić information content (AvgIpc) is 3.23. The zero-order valence-electron chi connectivity index (χ0n) is 16.7. The van der Waals surface area contributed by atoms with E-state index >= 15 is 0 Å². The molecule has 0 fully saturated rings. The lowest BCUT2D eigenvalue weighted by atomic mass is 9.95. The summed E-state index contributed by atoms with van der Waals surface area (Å²) in [6.07, 6.45) is 4.28. The van der Waals surface area contributed by atoms with Gasteiger partial charge >= 0.3 is 5.97 Å². The number of methoxy groups -OCH3 is 1. The zero-order valence-corrected chi connectivity index (χ0v) is 17.5. The minimum Gasteiger partial charge on any atom is -0.465 e. The molecule has 4 rings (SSSR count). The number of ether oxygens (including phenoxy) is 1. The molecule has 0 unspecified atom stereocenters. The molecule has 2 heterocycles. The number of imide groups is 1. The van der Waals surface area contributed by atoms with Crippen LogP contribution in [-0.2, 0) is 22.4 Å². The number of thiophene rings is 1. The summed E-state index contributed by atoms with van der Waals surface area (Å²) in [4.78, 5) is 51.9. The third-order valence-electron chi connectivity index (χ3n) is 5.48. The number of nitrogens with one attached hydrogen (secondary N) is 1. The van der Waals surface area contributed by atoms with Crippen LogP contribution in [0.1, 0.15) is 67.2 Å². The van der Waals surface area contributed by atoms with Gasteiger partial charge < -0.3 is 10.1 Å². The molecule has 8 heteroatoms. The molecule has 0 atom stereocenters. The second kappa shape index (κ2) is 8.39. The van der Waals surface area contributed by atoms with Crippen molar-refractivity contribution < 1.29 is 23.9 Å². The number of anilines is 1. The first-order valence-electron chi connectivity index (χ1n) is 9.99. The molecule has 3 amide bonds. The van der Waals surface area contributed by atoms with Gasteiger partial charge in [-0.05, 0) is 49.8 Å². The molecule has 1 aliphatic carbocycles. The first-order chi connectivity index (χ1) is 14.5. The van der Waals surface area contributed by atoms with Gasteiger partial charge in [-0.15, -0.1) is 11.3 Å². The third-order valence-corrected chi connectivity index (χ3v) is 6.68. The Kier molecular flexibility index (Phi) is 5.67. The highest BCUT2D eigenvalue weighted by Crippen LogP contribution is 2.38. The molecule has 0 saturated carbocycles. The SMILES string of the molecule is COC(=O)c1c(NC(=O)CCCN2C(=O)c3ccccc3C2=O)sc2c1CCCC2. The lowest BCUT2D eigenvalue weighted by Crippen LogP contribution is -2.31. The molecule has 30 heavy (non-hydrogen) atoms. The summed E-state index contributed by atoms with van der Waals surface area (Å²) >= 11 is 1.43. The van der Waals surface area contributed by atoms with Gasteiger partial charge in [-0.2, -0.15) is 0 Å². The fourth-order valence-electron chi connectivity index (χ4n) is 4.00. The van der Waals surface area contributed by atoms with Crippen LogP contribution >= 0.6 is 11.3 Å². The molecule has 1 aromatic heterocycles. The highest BCUT2D eigenvalue weighted by Gasteiger charge is 2.34. The Labute approximate surface area is 178 Å². The number of carbonyl (C=O) groups is 4. The maximum atomic E-state index is 12.5. The van der Waals surface area contributed by atoms with E-state index in [-0.39, 0.29) is 30.7 Å². The van der Waals surface area contributed by atoms with E-state index in [1.54, 1.807) is 24.3 Å². The van der Waals surface area contributed by atoms with Gasteiger partial charge in [-0.1, -0.05) is 12.1 Å². The summed E-state index contributed by atoms with van der Waals surface area (Å²) in [5.74, 6) is -1.34. The van der Waals surface area contributed by atoms with Crippen molar-refractivity contribution in [2.75, 3.05) is 19.0 Å². The molecular formula is C22H22N2O5S. The highest BCUT2D eigenvalue weighted by atomic mass is 32.1. The molecule has 156 valence electrons. The predicted molar refractivity (Wildman–Crippen MR) is 112 cm³/mol. The van der Waals surface area contributed by atoms with Gasteiger partial charge in [-0.3, -0.25) is 19.3 Å². The van der Waals surface area contributed by atoms with Crippen LogP contribution in [0.25, 0.3) is 0 Å². The van der Waals surface area contributed by atoms with Crippen LogP contribution in [0.15, 0.2) is 24.3 Å². The summed E-state index contributed by atoms with van der Waals surface area (Å²) in [7, 11) is 1.34. The van der Waals surface area contributed by atoms with Crippen molar-refractivity contribution in [1.82, 2.24) is 4.90 Å². The van der Waals surface area contributed by atoms with Crippen molar-refractivity contribution in [2.24, 2.45) is 0 Å². The number of aryl methyl sites for hydroxylation is 1. The van der Waals surface area contributed by atoms with E-state index in [1.165, 1.54) is 23.3 Å². The van der Waals surface area contributed by atoms with Gasteiger partial charge in [0, 0.05) is 17.8 Å². The molecule has 0 spiro atoms. The lowest BCUT2D eigenvalue weighted by molar-refractivity contribution is -0.116. The van der Waals surface area contributed by atoms with Crippen molar-refractivity contribution in [3.05, 3.63) is 51.4 Å². The quantitative estimate of drug-likeness (QED) is 0.564. The predicted octanol–water partition coefficient (Wildman–Crippen LogP) is 3.43. The Hall–Kier alpha value is -3.00. The second-order valence-electron chi connectivity index (χ2n) is 7.37. The van der Waals surface area contributed by atoms with E-state index in [1.807, 2.05) is 0 Å². The van der Waals surface area contributed by atoms with Gasteiger partial charge in [0.25, 0.3) is 11.8 Å². The third kappa shape index (κ3) is 3.63. The van der Waals surface area contributed by atoms with E-state index in [4.69, 9.17) is 4.74 Å². The number of nitrogens with zero attached hydrogens (tertiary/aromatic N) is 1. The van der Waals surface area contributed by atoms with Crippen LogP contribution < -0.4 is 5.32 Å². The Bertz CT molecular complexity index is 1010. The summed E-state index contributed by atoms with van der Waals surface area (Å²) < 4.78 is 4.92. The maximum absolute atomic E-state index is 12.5. The molecule has 1 aliphatic heterocycles. The van der Waals surface area contributed by atoms with Gasteiger partial charge in [0.15, 0.2) is 0 Å². The Morgan fingerprint density at radius 1 is 1.10 bits per heavy atom. The van der Waals surface area contributed by atoms with Gasteiger partial charge in [0.1, 0.15) is 5.00 Å². The van der Waals surface area contributed by atoms with Crippen LogP contribution in [-0.4, -0.2) is 42.2 Å². The summed E-state index contributed by atoms with van der Waals surface area (Å²) in [5, 5.41) is 3.37. The van der Waals surface area contributed by atoms with Crippen molar-refractivity contribution in [3.8, 4) is 0 Å². The lowest BCUT2D eigenvalue weighted by Gasteiger charge is -2.13. The summed E-state index contributed by atoms with van der Waals surface area (Å²) in [5.41, 5.74) is 2.25. The first kappa shape index (κ1) is 20.3. The van der Waals surface area contributed by atoms with Crippen molar-refractivity contribution in [3.63, 3.8) is 0 Å². The molecule has 2 aliphatic rings. The van der Waals surface area contributed by atoms with Crippen LogP contribution in [0.2, 0.25) is 0 Å². The maximum Gasteiger partial charge on any atom is 0.341 e. The van der Waals surface area contributed by atoms with E-state index in [2.05, 4.69) is 5.32 Å². The first-order valence-corrected chi connectivity index (χ1v) is 10.8. The van der Waals surface area contributed by atoms with E-state index in [0.717, 1.165) is 36.1 Å². The van der Waals surface area contributed by atoms with E-state index in [9.17, 15) is 19.2 Å². The van der Waals surface area contributed by atoms with Gasteiger partial charge in [0.05, 0.1) is 23.8 Å². The van der Waals surface area contributed by atoms with Crippen LogP contribution in [0.5, 0.6) is 0 Å². The molecule has 0 saturated heterocycles. The van der Waals surface area contributed by atoms with E-state index < -0.39 is 5.97 Å². The van der Waals surface area contributed by atoms with Gasteiger partial charge in [-0.25, -0.2) is 4.79 Å². The van der Waals surface area contributed by atoms with Crippen molar-refractivity contribution in [2.45, 2.75) is 38.5 Å². The fourth-order valence-corrected chi connectivity index (χ4v) is 5.29. The number of esters is 1. The number of benzene rings is 1. The number of hydrogen-bond acceptors (Lipinski definition) is 6. The molecular weight excluding hydrogens is 404 g/mol. The molecule has 1 aromatic carbocycles. The number of rotatable bonds is 6. The fraction of sp³-hybridized carbons (Fsp3) is 0.364. The largest absolute Gasteiger partial charge is 0.465 e. The van der Waals surface area contributed by atoms with Crippen molar-refractivity contribution in [1.29, 1.82) is 0 Å². The topological polar surface area (TPSA) is 92.8 Å². The minimum absolute atomic E-state index is 0.136. The Morgan fingerprint density at radius 3 is 2.43 bits per heavy atom. The molecule has 0 radical (unpaired) electrons. The molecule has 1 N–H and O–H groups in total. The highest BCUT2D eigenvalue weighted by molar-refractivity contribution is 7.17. The number of amides is 3. The molecule has 7 nitrogen and oxygen atoms in total.